The van der Waals surface area contributed by atoms with Crippen LogP contribution in [0.4, 0.5) is 0 Å². The minimum absolute atomic E-state index is 0.0610. The van der Waals surface area contributed by atoms with Crippen molar-refractivity contribution < 1.29 is 33.8 Å². The van der Waals surface area contributed by atoms with Gasteiger partial charge in [0.2, 0.25) is 11.8 Å². The van der Waals surface area contributed by atoms with E-state index >= 15 is 0 Å². The summed E-state index contributed by atoms with van der Waals surface area (Å²) in [6.07, 6.45) is 6.88. The van der Waals surface area contributed by atoms with E-state index in [2.05, 4.69) is 15.6 Å². The fourth-order valence-electron chi connectivity index (χ4n) is 7.70. The number of aliphatic hydroxyl groups excluding tert-OH is 1. The Kier molecular flexibility index (Phi) is 9.03. The number of allylic oxidation sites excluding steroid dienone is 1. The average molecular weight is 669 g/mol. The van der Waals surface area contributed by atoms with Gasteiger partial charge in [-0.3, -0.25) is 19.2 Å². The third kappa shape index (κ3) is 5.90. The Hall–Kier alpha value is -4.88. The number of carbonyl (C=O) groups is 4. The number of para-hydroxylation sites is 1. The van der Waals surface area contributed by atoms with Crippen LogP contribution in [0.5, 0.6) is 0 Å². The highest BCUT2D eigenvalue weighted by atomic mass is 16.6. The summed E-state index contributed by atoms with van der Waals surface area (Å²) >= 11 is 0. The zero-order valence-electron chi connectivity index (χ0n) is 27.3. The molecule has 2 aromatic carbocycles. The second-order valence-corrected chi connectivity index (χ2v) is 13.1. The summed E-state index contributed by atoms with van der Waals surface area (Å²) in [5, 5.41) is 21.0. The standard InChI is InChI=1S/C36H40N6O7/c1-23-31(24-12-3-2-4-13-24)48-35(47)29-27(16-7-8-17-28(44)37-23)49-36-18-11-19-40(22-42-26-15-6-5-14-25(26)38-39-42)34(46)32(36)41(20-9-10-21-43)33(45)30(29)36/h2-7,11-16,18,23,27,29-32,43H,8-10,17,19-22H2,1H3,(H,37,44)/b16-7-/t23-,27-,29+,30+,31+,32-,36+/m1/s1. The van der Waals surface area contributed by atoms with E-state index in [1.54, 1.807) is 34.7 Å². The highest BCUT2D eigenvalue weighted by molar-refractivity contribution is 5.99. The second-order valence-electron chi connectivity index (χ2n) is 13.1. The molecule has 0 radical (unpaired) electrons. The number of unbranched alkanes of at least 4 members (excludes halogenated alkanes) is 1. The molecular formula is C36H40N6O7. The first-order chi connectivity index (χ1) is 23.8. The normalized spacial score (nSPS) is 30.9. The molecule has 49 heavy (non-hydrogen) atoms. The Morgan fingerprint density at radius 1 is 1.00 bits per heavy atom. The number of nitrogens with zero attached hydrogens (tertiary/aromatic N) is 5. The van der Waals surface area contributed by atoms with Gasteiger partial charge in [0.1, 0.15) is 35.9 Å². The Bertz CT molecular complexity index is 1790. The number of nitrogens with one attached hydrogen (secondary N) is 1. The number of esters is 1. The van der Waals surface area contributed by atoms with E-state index in [9.17, 15) is 24.3 Å². The second kappa shape index (κ2) is 13.6. The van der Waals surface area contributed by atoms with Crippen molar-refractivity contribution in [2.24, 2.45) is 11.8 Å². The van der Waals surface area contributed by atoms with Crippen molar-refractivity contribution in [2.75, 3.05) is 19.7 Å². The predicted molar refractivity (Wildman–Crippen MR) is 176 cm³/mol. The molecule has 3 amide bonds. The Balaban J connectivity index is 1.27. The third-order valence-corrected chi connectivity index (χ3v) is 9.96. The average Bonchev–Trinajstić information content (AvgIpc) is 3.69. The van der Waals surface area contributed by atoms with Crippen LogP contribution in [-0.2, 0) is 35.3 Å². The number of ether oxygens (including phenoxy) is 2. The van der Waals surface area contributed by atoms with Crippen LogP contribution >= 0.6 is 0 Å². The van der Waals surface area contributed by atoms with Crippen LogP contribution in [0.25, 0.3) is 11.0 Å². The maximum absolute atomic E-state index is 14.7. The first-order valence-corrected chi connectivity index (χ1v) is 16.9. The molecule has 4 aliphatic rings. The minimum atomic E-state index is -1.46. The molecule has 3 aromatic rings. The lowest BCUT2D eigenvalue weighted by Gasteiger charge is -2.35. The number of aromatic nitrogens is 3. The molecule has 7 atom stereocenters. The molecule has 256 valence electrons. The van der Waals surface area contributed by atoms with Crippen molar-refractivity contribution in [1.82, 2.24) is 30.1 Å². The van der Waals surface area contributed by atoms with Gasteiger partial charge in [-0.2, -0.15) is 0 Å². The molecule has 0 saturated carbocycles. The molecule has 0 unspecified atom stereocenters. The van der Waals surface area contributed by atoms with E-state index in [0.29, 0.717) is 30.3 Å². The molecule has 13 heteroatoms. The number of carbonyl (C=O) groups excluding carboxylic acids is 4. The van der Waals surface area contributed by atoms with Crippen LogP contribution in [0, 0.1) is 11.8 Å². The number of benzene rings is 2. The van der Waals surface area contributed by atoms with E-state index in [1.165, 1.54) is 4.90 Å². The van der Waals surface area contributed by atoms with Gasteiger partial charge in [-0.25, -0.2) is 4.68 Å². The van der Waals surface area contributed by atoms with Crippen LogP contribution in [0.3, 0.4) is 0 Å². The van der Waals surface area contributed by atoms with Crippen molar-refractivity contribution in [3.63, 3.8) is 0 Å². The summed E-state index contributed by atoms with van der Waals surface area (Å²) in [5.74, 6) is -3.66. The van der Waals surface area contributed by atoms with Crippen LogP contribution in [0.15, 0.2) is 78.9 Å². The lowest BCUT2D eigenvalue weighted by atomic mass is 9.77. The summed E-state index contributed by atoms with van der Waals surface area (Å²) in [7, 11) is 0. The number of amides is 3. The van der Waals surface area contributed by atoms with Crippen molar-refractivity contribution >= 4 is 34.7 Å². The third-order valence-electron chi connectivity index (χ3n) is 9.96. The fourth-order valence-corrected chi connectivity index (χ4v) is 7.70. The number of rotatable bonds is 7. The lowest BCUT2D eigenvalue weighted by molar-refractivity contribution is -0.161. The van der Waals surface area contributed by atoms with E-state index < -0.39 is 47.7 Å². The summed E-state index contributed by atoms with van der Waals surface area (Å²) in [5.41, 5.74) is 0.685. The van der Waals surface area contributed by atoms with Gasteiger partial charge >= 0.3 is 5.97 Å². The van der Waals surface area contributed by atoms with Crippen molar-refractivity contribution in [2.45, 2.75) is 69.2 Å². The lowest BCUT2D eigenvalue weighted by Crippen LogP contribution is -2.55. The van der Waals surface area contributed by atoms with Crippen LogP contribution in [-0.4, -0.2) is 97.1 Å². The molecule has 0 bridgehead atoms. The monoisotopic (exact) mass is 668 g/mol. The van der Waals surface area contributed by atoms with Crippen molar-refractivity contribution in [3.8, 4) is 0 Å². The van der Waals surface area contributed by atoms with E-state index in [1.807, 2.05) is 60.7 Å². The van der Waals surface area contributed by atoms with Gasteiger partial charge < -0.3 is 29.7 Å². The Labute approximate surface area is 283 Å². The first kappa shape index (κ1) is 32.7. The molecule has 1 spiro atoms. The summed E-state index contributed by atoms with van der Waals surface area (Å²) in [6.45, 7) is 2.23. The minimum Gasteiger partial charge on any atom is -0.455 e. The number of likely N-dealkylation sites (tertiary alicyclic amines) is 1. The largest absolute Gasteiger partial charge is 0.455 e. The number of cyclic esters (lactones) is 1. The molecular weight excluding hydrogens is 628 g/mol. The van der Waals surface area contributed by atoms with Gasteiger partial charge in [0.15, 0.2) is 0 Å². The van der Waals surface area contributed by atoms with Gasteiger partial charge in [0.05, 0.1) is 23.6 Å². The number of hydrogen-bond acceptors (Lipinski definition) is 9. The summed E-state index contributed by atoms with van der Waals surface area (Å²) in [4.78, 5) is 59.6. The Morgan fingerprint density at radius 3 is 2.61 bits per heavy atom. The number of aliphatic hydroxyl groups is 1. The zero-order valence-corrected chi connectivity index (χ0v) is 27.3. The molecule has 2 N–H and O–H groups in total. The first-order valence-electron chi connectivity index (χ1n) is 16.9. The molecule has 2 saturated heterocycles. The molecule has 2 fully saturated rings. The van der Waals surface area contributed by atoms with Gasteiger partial charge in [-0.1, -0.05) is 72.0 Å². The summed E-state index contributed by atoms with van der Waals surface area (Å²) < 4.78 is 14.7. The van der Waals surface area contributed by atoms with Gasteiger partial charge in [0, 0.05) is 26.1 Å². The topological polar surface area (TPSA) is 156 Å². The fraction of sp³-hybridized carbons (Fsp3) is 0.444. The molecule has 4 aliphatic heterocycles. The van der Waals surface area contributed by atoms with E-state index in [-0.39, 0.29) is 50.5 Å². The molecule has 7 rings (SSSR count). The maximum atomic E-state index is 14.7. The van der Waals surface area contributed by atoms with Crippen molar-refractivity contribution in [3.05, 3.63) is 84.5 Å². The highest BCUT2D eigenvalue weighted by Crippen LogP contribution is 2.53. The predicted octanol–water partition coefficient (Wildman–Crippen LogP) is 2.28. The maximum Gasteiger partial charge on any atom is 0.313 e. The van der Waals surface area contributed by atoms with Crippen LogP contribution in [0.2, 0.25) is 0 Å². The molecule has 5 heterocycles. The number of fused-ring (bicyclic) bond motifs is 3. The summed E-state index contributed by atoms with van der Waals surface area (Å²) in [6, 6.07) is 15.0. The highest BCUT2D eigenvalue weighted by Gasteiger charge is 2.71. The molecule has 1 aromatic heterocycles. The van der Waals surface area contributed by atoms with E-state index in [0.717, 1.165) is 5.52 Å². The van der Waals surface area contributed by atoms with Crippen LogP contribution in [0.1, 0.15) is 44.3 Å². The van der Waals surface area contributed by atoms with E-state index in [4.69, 9.17) is 9.47 Å². The quantitative estimate of drug-likeness (QED) is 0.219. The zero-order chi connectivity index (χ0) is 34.1. The smallest absolute Gasteiger partial charge is 0.313 e. The van der Waals surface area contributed by atoms with Gasteiger partial charge in [-0.05, 0) is 43.9 Å². The van der Waals surface area contributed by atoms with Crippen molar-refractivity contribution in [1.29, 1.82) is 0 Å². The number of hydrogen-bond donors (Lipinski definition) is 2. The van der Waals surface area contributed by atoms with Gasteiger partial charge in [0.25, 0.3) is 5.91 Å². The Morgan fingerprint density at radius 2 is 1.80 bits per heavy atom. The van der Waals surface area contributed by atoms with Gasteiger partial charge in [-0.15, -0.1) is 5.10 Å². The molecule has 13 nitrogen and oxygen atoms in total. The molecule has 0 aliphatic carbocycles. The van der Waals surface area contributed by atoms with Crippen LogP contribution < -0.4 is 5.32 Å². The SMILES string of the molecule is C[C@H]1NC(=O)CC/C=C\[C@H]2O[C@]34C=CCN(Cn5nnc6ccccc65)C(=O)[C@H]3N(CCCCO)C(=O)[C@@H]4[C@H]2C(=O)O[C@@H]1c1ccccc1.